The van der Waals surface area contributed by atoms with Gasteiger partial charge in [-0.2, -0.15) is 0 Å². The molecule has 0 saturated carbocycles. The van der Waals surface area contributed by atoms with Crippen molar-refractivity contribution in [3.8, 4) is 11.3 Å². The normalized spacial score (nSPS) is 15.0. The van der Waals surface area contributed by atoms with E-state index in [0.717, 1.165) is 5.56 Å². The molecule has 5 aromatic rings. The van der Waals surface area contributed by atoms with Gasteiger partial charge < -0.3 is 9.15 Å². The van der Waals surface area contributed by atoms with Crippen molar-refractivity contribution in [2.24, 2.45) is 4.99 Å². The Labute approximate surface area is 242 Å². The first kappa shape index (κ1) is 26.7. The number of nitrogens with zero attached hydrogens (tertiary/aromatic N) is 2. The van der Waals surface area contributed by atoms with Crippen molar-refractivity contribution in [1.29, 1.82) is 0 Å². The zero-order chi connectivity index (χ0) is 28.5. The third-order valence-corrected chi connectivity index (χ3v) is 7.79. The van der Waals surface area contributed by atoms with Gasteiger partial charge in [0.15, 0.2) is 4.80 Å². The lowest BCUT2D eigenvalue weighted by atomic mass is 9.93. The van der Waals surface area contributed by atoms with Crippen molar-refractivity contribution in [3.63, 3.8) is 0 Å². The third kappa shape index (κ3) is 5.19. The van der Waals surface area contributed by atoms with Crippen LogP contribution in [0.25, 0.3) is 23.1 Å². The van der Waals surface area contributed by atoms with Gasteiger partial charge in [-0.15, -0.1) is 0 Å². The molecule has 0 fully saturated rings. The Morgan fingerprint density at radius 3 is 2.54 bits per heavy atom. The molecule has 1 aliphatic heterocycles. The van der Waals surface area contributed by atoms with Gasteiger partial charge in [0.2, 0.25) is 0 Å². The van der Waals surface area contributed by atoms with Crippen LogP contribution >= 0.6 is 22.9 Å². The number of fused-ring (bicyclic) bond motifs is 1. The summed E-state index contributed by atoms with van der Waals surface area (Å²) in [4.78, 5) is 32.6. The number of hydrogen-bond acceptors (Lipinski definition) is 6. The predicted molar refractivity (Wildman–Crippen MR) is 157 cm³/mol. The zero-order valence-corrected chi connectivity index (χ0v) is 23.3. The van der Waals surface area contributed by atoms with Crippen LogP contribution in [0.3, 0.4) is 0 Å². The fourth-order valence-electron chi connectivity index (χ4n) is 4.76. The first-order valence-electron chi connectivity index (χ1n) is 12.8. The van der Waals surface area contributed by atoms with E-state index in [4.69, 9.17) is 25.7 Å². The minimum absolute atomic E-state index is 0.137. The predicted octanol–water partition coefficient (Wildman–Crippen LogP) is 5.99. The number of aromatic nitrogens is 1. The van der Waals surface area contributed by atoms with E-state index < -0.39 is 17.8 Å². The Kier molecular flexibility index (Phi) is 7.26. The highest BCUT2D eigenvalue weighted by Crippen LogP contribution is 2.35. The summed E-state index contributed by atoms with van der Waals surface area (Å²) in [6.07, 6.45) is 1.65. The molecule has 0 spiro atoms. The third-order valence-electron chi connectivity index (χ3n) is 6.57. The van der Waals surface area contributed by atoms with E-state index >= 15 is 0 Å². The van der Waals surface area contributed by atoms with Crippen LogP contribution in [-0.2, 0) is 9.53 Å². The zero-order valence-electron chi connectivity index (χ0n) is 21.7. The quantitative estimate of drug-likeness (QED) is 0.230. The lowest BCUT2D eigenvalue weighted by Gasteiger charge is -2.25. The van der Waals surface area contributed by atoms with E-state index in [2.05, 4.69) is 0 Å². The minimum Gasteiger partial charge on any atom is -0.463 e. The monoisotopic (exact) mass is 584 g/mol. The number of benzene rings is 3. The average molecular weight is 585 g/mol. The molecule has 0 aliphatic carbocycles. The Bertz CT molecular complexity index is 1970. The Balaban J connectivity index is 1.56. The Morgan fingerprint density at radius 2 is 1.80 bits per heavy atom. The van der Waals surface area contributed by atoms with Crippen LogP contribution in [0.5, 0.6) is 0 Å². The molecular formula is C32H22ClFN2O4S. The van der Waals surface area contributed by atoms with Gasteiger partial charge in [-0.25, -0.2) is 14.2 Å². The lowest BCUT2D eigenvalue weighted by molar-refractivity contribution is -0.138. The van der Waals surface area contributed by atoms with Gasteiger partial charge in [-0.3, -0.25) is 9.36 Å². The molecule has 0 bridgehead atoms. The standard InChI is InChI=1S/C32H22ClFN2O4S/c1-2-39-31(38)27-28(19-7-4-3-5-8-19)35-32-36(29(27)20-11-13-23(34)14-12-20)30(37)26(41-32)18-24-15-16-25(40-24)21-9-6-10-22(33)17-21/h3-18,29H,2H2,1H3/b26-18-/t29-/m0/s1. The maximum atomic E-state index is 13.9. The summed E-state index contributed by atoms with van der Waals surface area (Å²) in [5, 5.41) is 0.584. The fraction of sp³-hybridized carbons (Fsp3) is 0.0938. The van der Waals surface area contributed by atoms with Crippen molar-refractivity contribution >= 4 is 40.7 Å². The molecular weight excluding hydrogens is 563 g/mol. The maximum Gasteiger partial charge on any atom is 0.338 e. The van der Waals surface area contributed by atoms with E-state index in [1.807, 2.05) is 48.5 Å². The van der Waals surface area contributed by atoms with Crippen molar-refractivity contribution in [2.75, 3.05) is 6.61 Å². The van der Waals surface area contributed by atoms with Gasteiger partial charge in [-0.1, -0.05) is 77.5 Å². The molecule has 6 nitrogen and oxygen atoms in total. The number of halogens is 2. The van der Waals surface area contributed by atoms with E-state index in [1.54, 1.807) is 43.3 Å². The molecule has 1 atom stereocenters. The molecule has 204 valence electrons. The molecule has 6 rings (SSSR count). The number of ether oxygens (including phenoxy) is 1. The summed E-state index contributed by atoms with van der Waals surface area (Å²) in [6, 6.07) is 24.9. The topological polar surface area (TPSA) is 73.8 Å². The van der Waals surface area contributed by atoms with Crippen LogP contribution in [-0.4, -0.2) is 17.1 Å². The van der Waals surface area contributed by atoms with Crippen LogP contribution in [0.15, 0.2) is 111 Å². The fourth-order valence-corrected chi connectivity index (χ4v) is 5.93. The van der Waals surface area contributed by atoms with E-state index in [-0.39, 0.29) is 17.7 Å². The summed E-state index contributed by atoms with van der Waals surface area (Å²) in [6.45, 7) is 1.85. The SMILES string of the molecule is CCOC(=O)C1=C(c2ccccc2)N=c2s/c(=C\c3ccc(-c4cccc(Cl)c4)o3)c(=O)n2[C@H]1c1ccc(F)cc1. The molecule has 0 amide bonds. The van der Waals surface area contributed by atoms with Gasteiger partial charge in [0.1, 0.15) is 17.3 Å². The molecule has 9 heteroatoms. The van der Waals surface area contributed by atoms with Crippen LogP contribution in [0.2, 0.25) is 5.02 Å². The largest absolute Gasteiger partial charge is 0.463 e. The molecule has 1 aliphatic rings. The highest BCUT2D eigenvalue weighted by molar-refractivity contribution is 7.07. The van der Waals surface area contributed by atoms with Crippen LogP contribution in [0.4, 0.5) is 4.39 Å². The molecule has 41 heavy (non-hydrogen) atoms. The number of carbonyl (C=O) groups is 1. The number of thiazole rings is 1. The second kappa shape index (κ2) is 11.2. The molecule has 0 saturated heterocycles. The summed E-state index contributed by atoms with van der Waals surface area (Å²) < 4.78 is 27.2. The number of furan rings is 1. The summed E-state index contributed by atoms with van der Waals surface area (Å²) in [7, 11) is 0. The first-order valence-corrected chi connectivity index (χ1v) is 14.0. The van der Waals surface area contributed by atoms with Crippen LogP contribution in [0, 0.1) is 5.82 Å². The highest BCUT2D eigenvalue weighted by atomic mass is 35.5. The van der Waals surface area contributed by atoms with Crippen molar-refractivity contribution in [1.82, 2.24) is 4.57 Å². The van der Waals surface area contributed by atoms with E-state index in [9.17, 15) is 14.0 Å². The maximum absolute atomic E-state index is 13.9. The van der Waals surface area contributed by atoms with Gasteiger partial charge in [0.05, 0.1) is 28.5 Å². The Morgan fingerprint density at radius 1 is 1.05 bits per heavy atom. The lowest BCUT2D eigenvalue weighted by Crippen LogP contribution is -2.40. The van der Waals surface area contributed by atoms with Crippen LogP contribution < -0.4 is 14.9 Å². The highest BCUT2D eigenvalue weighted by Gasteiger charge is 2.35. The molecule has 3 heterocycles. The smallest absolute Gasteiger partial charge is 0.338 e. The first-order chi connectivity index (χ1) is 19.9. The number of esters is 1. The van der Waals surface area contributed by atoms with E-state index in [0.29, 0.717) is 42.7 Å². The van der Waals surface area contributed by atoms with Gasteiger partial charge in [0, 0.05) is 22.2 Å². The van der Waals surface area contributed by atoms with Gasteiger partial charge in [0.25, 0.3) is 5.56 Å². The summed E-state index contributed by atoms with van der Waals surface area (Å²) in [5.41, 5.74) is 2.28. The van der Waals surface area contributed by atoms with Crippen molar-refractivity contribution in [3.05, 3.63) is 144 Å². The number of carbonyl (C=O) groups excluding carboxylic acids is 1. The van der Waals surface area contributed by atoms with E-state index in [1.165, 1.54) is 28.0 Å². The minimum atomic E-state index is -0.887. The molecule has 0 radical (unpaired) electrons. The number of rotatable bonds is 6. The van der Waals surface area contributed by atoms with Crippen molar-refractivity contribution in [2.45, 2.75) is 13.0 Å². The Hall–Kier alpha value is -4.53. The second-order valence-corrected chi connectivity index (χ2v) is 10.6. The van der Waals surface area contributed by atoms with Gasteiger partial charge >= 0.3 is 5.97 Å². The molecule has 3 aromatic carbocycles. The average Bonchev–Trinajstić information content (AvgIpc) is 3.57. The summed E-state index contributed by atoms with van der Waals surface area (Å²) in [5.74, 6) is 0.0403. The molecule has 0 unspecified atom stereocenters. The van der Waals surface area contributed by atoms with Gasteiger partial charge in [-0.05, 0) is 48.9 Å². The van der Waals surface area contributed by atoms with Crippen LogP contribution in [0.1, 0.15) is 29.9 Å². The summed E-state index contributed by atoms with van der Waals surface area (Å²) >= 11 is 7.31. The number of hydrogen-bond donors (Lipinski definition) is 0. The molecule has 2 aromatic heterocycles. The molecule has 0 N–H and O–H groups in total. The second-order valence-electron chi connectivity index (χ2n) is 9.20. The van der Waals surface area contributed by atoms with Crippen molar-refractivity contribution < 1.29 is 18.3 Å².